The predicted octanol–water partition coefficient (Wildman–Crippen LogP) is 3.12. The number of hydrogen-bond donors (Lipinski definition) is 0. The zero-order valence-corrected chi connectivity index (χ0v) is 16.0. The van der Waals surface area contributed by atoms with E-state index in [4.69, 9.17) is 9.47 Å². The van der Waals surface area contributed by atoms with Crippen molar-refractivity contribution >= 4 is 17.5 Å². The number of hydrogen-bond acceptors (Lipinski definition) is 4. The summed E-state index contributed by atoms with van der Waals surface area (Å²) in [4.78, 5) is 28.4. The van der Waals surface area contributed by atoms with Crippen molar-refractivity contribution in [2.45, 2.75) is 25.9 Å². The Hall–Kier alpha value is -3.02. The van der Waals surface area contributed by atoms with Gasteiger partial charge in [-0.2, -0.15) is 0 Å². The Morgan fingerprint density at radius 3 is 2.57 bits per heavy atom. The fourth-order valence-corrected chi connectivity index (χ4v) is 3.64. The predicted molar refractivity (Wildman–Crippen MR) is 106 cm³/mol. The van der Waals surface area contributed by atoms with Crippen molar-refractivity contribution in [3.8, 4) is 11.5 Å². The molecule has 0 spiro atoms. The van der Waals surface area contributed by atoms with E-state index in [1.54, 1.807) is 21.9 Å². The molecule has 2 aliphatic rings. The normalized spacial score (nSPS) is 18.2. The van der Waals surface area contributed by atoms with Crippen LogP contribution in [0.25, 0.3) is 0 Å². The Morgan fingerprint density at radius 1 is 1.14 bits per heavy atom. The molecule has 2 aromatic carbocycles. The van der Waals surface area contributed by atoms with Crippen molar-refractivity contribution in [1.29, 1.82) is 0 Å². The second-order valence-corrected chi connectivity index (χ2v) is 7.04. The highest BCUT2D eigenvalue weighted by Gasteiger charge is 2.26. The van der Waals surface area contributed by atoms with Crippen LogP contribution in [0.15, 0.2) is 48.5 Å². The molecule has 4 rings (SSSR count). The van der Waals surface area contributed by atoms with E-state index in [0.29, 0.717) is 37.4 Å². The SMILES string of the molecule is CCN(CC1COc2ccccc2O1)C(=O)c1ccc(N2CCCC2=O)cc1. The van der Waals surface area contributed by atoms with Crippen LogP contribution in [-0.2, 0) is 4.79 Å². The third-order valence-corrected chi connectivity index (χ3v) is 5.16. The van der Waals surface area contributed by atoms with Gasteiger partial charge in [-0.3, -0.25) is 9.59 Å². The summed E-state index contributed by atoms with van der Waals surface area (Å²) >= 11 is 0. The van der Waals surface area contributed by atoms with E-state index < -0.39 is 0 Å². The Labute approximate surface area is 164 Å². The lowest BCUT2D eigenvalue weighted by Crippen LogP contribution is -2.43. The number of fused-ring (bicyclic) bond motifs is 1. The lowest BCUT2D eigenvalue weighted by molar-refractivity contribution is -0.117. The van der Waals surface area contributed by atoms with Crippen LogP contribution in [0.5, 0.6) is 11.5 Å². The minimum absolute atomic E-state index is 0.0516. The number of likely N-dealkylation sites (N-methyl/N-ethyl adjacent to an activating group) is 1. The number of benzene rings is 2. The van der Waals surface area contributed by atoms with Gasteiger partial charge in [-0.25, -0.2) is 0 Å². The van der Waals surface area contributed by atoms with Crippen molar-refractivity contribution < 1.29 is 19.1 Å². The smallest absolute Gasteiger partial charge is 0.253 e. The van der Waals surface area contributed by atoms with E-state index in [1.807, 2.05) is 43.3 Å². The Morgan fingerprint density at radius 2 is 1.89 bits per heavy atom. The molecule has 6 heteroatoms. The molecule has 6 nitrogen and oxygen atoms in total. The fourth-order valence-electron chi connectivity index (χ4n) is 3.64. The number of rotatable bonds is 5. The zero-order chi connectivity index (χ0) is 19.5. The molecule has 1 saturated heterocycles. The first kappa shape index (κ1) is 18.3. The van der Waals surface area contributed by atoms with Crippen LogP contribution in [-0.4, -0.2) is 49.1 Å². The molecule has 2 heterocycles. The largest absolute Gasteiger partial charge is 0.486 e. The summed E-state index contributed by atoms with van der Waals surface area (Å²) in [6.07, 6.45) is 1.27. The molecule has 1 atom stereocenters. The van der Waals surface area contributed by atoms with Crippen LogP contribution in [0.1, 0.15) is 30.1 Å². The standard InChI is InChI=1S/C22H24N2O4/c1-2-23(14-18-15-27-19-6-3-4-7-20(19)28-18)22(26)16-9-11-17(12-10-16)24-13-5-8-21(24)25/h3-4,6-7,9-12,18H,2,5,8,13-15H2,1H3. The van der Waals surface area contributed by atoms with Gasteiger partial charge < -0.3 is 19.3 Å². The van der Waals surface area contributed by atoms with Gasteiger partial charge in [0.1, 0.15) is 6.61 Å². The highest BCUT2D eigenvalue weighted by atomic mass is 16.6. The minimum Gasteiger partial charge on any atom is -0.486 e. The number of nitrogens with zero attached hydrogens (tertiary/aromatic N) is 2. The van der Waals surface area contributed by atoms with Gasteiger partial charge in [-0.1, -0.05) is 12.1 Å². The molecular weight excluding hydrogens is 356 g/mol. The molecule has 2 amide bonds. The third-order valence-electron chi connectivity index (χ3n) is 5.16. The van der Waals surface area contributed by atoms with Crippen molar-refractivity contribution in [2.75, 3.05) is 31.1 Å². The number of ether oxygens (including phenoxy) is 2. The van der Waals surface area contributed by atoms with E-state index in [-0.39, 0.29) is 17.9 Å². The van der Waals surface area contributed by atoms with Gasteiger partial charge in [-0.05, 0) is 49.7 Å². The monoisotopic (exact) mass is 380 g/mol. The minimum atomic E-state index is -0.208. The molecule has 1 unspecified atom stereocenters. The summed E-state index contributed by atoms with van der Waals surface area (Å²) < 4.78 is 11.7. The maximum atomic E-state index is 12.9. The van der Waals surface area contributed by atoms with Crippen LogP contribution in [0.3, 0.4) is 0 Å². The summed E-state index contributed by atoms with van der Waals surface area (Å²) in [6, 6.07) is 14.8. The van der Waals surface area contributed by atoms with Gasteiger partial charge in [0.15, 0.2) is 17.6 Å². The van der Waals surface area contributed by atoms with E-state index in [1.165, 1.54) is 0 Å². The highest BCUT2D eigenvalue weighted by Crippen LogP contribution is 2.31. The first-order valence-corrected chi connectivity index (χ1v) is 9.74. The number of anilines is 1. The summed E-state index contributed by atoms with van der Waals surface area (Å²) in [5.74, 6) is 1.54. The summed E-state index contributed by atoms with van der Waals surface area (Å²) in [6.45, 7) is 4.14. The Kier molecular flexibility index (Phi) is 5.19. The van der Waals surface area contributed by atoms with Crippen LogP contribution >= 0.6 is 0 Å². The number of para-hydroxylation sites is 2. The average molecular weight is 380 g/mol. The zero-order valence-electron chi connectivity index (χ0n) is 16.0. The van der Waals surface area contributed by atoms with Crippen LogP contribution in [0.4, 0.5) is 5.69 Å². The summed E-state index contributed by atoms with van der Waals surface area (Å²) in [5.41, 5.74) is 1.46. The van der Waals surface area contributed by atoms with E-state index in [9.17, 15) is 9.59 Å². The van der Waals surface area contributed by atoms with Crippen molar-refractivity contribution in [3.05, 3.63) is 54.1 Å². The van der Waals surface area contributed by atoms with Crippen molar-refractivity contribution in [3.63, 3.8) is 0 Å². The van der Waals surface area contributed by atoms with Gasteiger partial charge in [-0.15, -0.1) is 0 Å². The van der Waals surface area contributed by atoms with E-state index >= 15 is 0 Å². The Balaban J connectivity index is 1.42. The van der Waals surface area contributed by atoms with Gasteiger partial charge in [0.2, 0.25) is 5.91 Å². The lowest BCUT2D eigenvalue weighted by Gasteiger charge is -2.31. The van der Waals surface area contributed by atoms with Gasteiger partial charge in [0.25, 0.3) is 5.91 Å². The van der Waals surface area contributed by atoms with Crippen molar-refractivity contribution in [2.24, 2.45) is 0 Å². The van der Waals surface area contributed by atoms with Gasteiger partial charge >= 0.3 is 0 Å². The second kappa shape index (κ2) is 7.92. The lowest BCUT2D eigenvalue weighted by atomic mass is 10.1. The molecule has 1 fully saturated rings. The van der Waals surface area contributed by atoms with Crippen LogP contribution in [0.2, 0.25) is 0 Å². The first-order valence-electron chi connectivity index (χ1n) is 9.74. The molecule has 2 aliphatic heterocycles. The summed E-state index contributed by atoms with van der Waals surface area (Å²) in [7, 11) is 0. The van der Waals surface area contributed by atoms with Crippen LogP contribution in [0, 0.1) is 0 Å². The molecule has 0 N–H and O–H groups in total. The molecular formula is C22H24N2O4. The molecule has 28 heavy (non-hydrogen) atoms. The van der Waals surface area contributed by atoms with Gasteiger partial charge in [0.05, 0.1) is 6.54 Å². The Bertz CT molecular complexity index is 865. The number of carbonyl (C=O) groups excluding carboxylic acids is 2. The molecule has 0 saturated carbocycles. The third kappa shape index (κ3) is 3.67. The number of carbonyl (C=O) groups is 2. The second-order valence-electron chi connectivity index (χ2n) is 7.04. The van der Waals surface area contributed by atoms with Crippen LogP contribution < -0.4 is 14.4 Å². The molecule has 2 aromatic rings. The maximum Gasteiger partial charge on any atom is 0.253 e. The van der Waals surface area contributed by atoms with Gasteiger partial charge in [0, 0.05) is 30.8 Å². The van der Waals surface area contributed by atoms with E-state index in [0.717, 1.165) is 24.4 Å². The molecule has 0 radical (unpaired) electrons. The molecule has 0 aromatic heterocycles. The van der Waals surface area contributed by atoms with Crippen molar-refractivity contribution in [1.82, 2.24) is 4.90 Å². The molecule has 0 bridgehead atoms. The topological polar surface area (TPSA) is 59.1 Å². The maximum absolute atomic E-state index is 12.9. The first-order chi connectivity index (χ1) is 13.7. The highest BCUT2D eigenvalue weighted by molar-refractivity contribution is 5.97. The number of amides is 2. The quantitative estimate of drug-likeness (QED) is 0.800. The summed E-state index contributed by atoms with van der Waals surface area (Å²) in [5, 5.41) is 0. The van der Waals surface area contributed by atoms with E-state index in [2.05, 4.69) is 0 Å². The average Bonchev–Trinajstić information content (AvgIpc) is 3.17. The molecule has 146 valence electrons. The molecule has 0 aliphatic carbocycles. The fraction of sp³-hybridized carbons (Fsp3) is 0.364.